The molecule has 1 saturated carbocycles. The summed E-state index contributed by atoms with van der Waals surface area (Å²) in [6, 6.07) is 8.76. The van der Waals surface area contributed by atoms with Gasteiger partial charge in [-0.1, -0.05) is 5.16 Å². The van der Waals surface area contributed by atoms with Gasteiger partial charge in [-0.05, 0) is 43.5 Å². The summed E-state index contributed by atoms with van der Waals surface area (Å²) in [4.78, 5) is 2.12. The highest BCUT2D eigenvalue weighted by Crippen LogP contribution is 2.42. The molecule has 13 nitrogen and oxygen atoms in total. The summed E-state index contributed by atoms with van der Waals surface area (Å²) < 4.78 is 57.8. The third-order valence-electron chi connectivity index (χ3n) is 7.73. The highest BCUT2D eigenvalue weighted by Gasteiger charge is 2.30. The summed E-state index contributed by atoms with van der Waals surface area (Å²) in [6.45, 7) is 4.90. The number of aromatic nitrogens is 3. The topological polar surface area (TPSA) is 153 Å². The fourth-order valence-corrected chi connectivity index (χ4v) is 6.53. The molecule has 0 spiro atoms. The van der Waals surface area contributed by atoms with Gasteiger partial charge < -0.3 is 28.8 Å². The van der Waals surface area contributed by atoms with Crippen molar-refractivity contribution in [2.24, 2.45) is 0 Å². The summed E-state index contributed by atoms with van der Waals surface area (Å²) in [6.07, 6.45) is 2.31. The van der Waals surface area contributed by atoms with Gasteiger partial charge in [0.15, 0.2) is 22.1 Å². The van der Waals surface area contributed by atoms with E-state index in [1.807, 2.05) is 6.07 Å². The van der Waals surface area contributed by atoms with Crippen LogP contribution < -0.4 is 24.2 Å². The van der Waals surface area contributed by atoms with Gasteiger partial charge in [0.1, 0.15) is 17.2 Å². The number of nitrogens with one attached hydrogen (secondary N) is 3. The molecule has 0 bridgehead atoms. The number of nitrogens with zero attached hydrogens (tertiary/aromatic N) is 3. The lowest BCUT2D eigenvalue weighted by Gasteiger charge is -2.33. The molecule has 2 aliphatic rings. The molecule has 0 radical (unpaired) electrons. The van der Waals surface area contributed by atoms with Gasteiger partial charge >= 0.3 is 0 Å². The number of hydrogen-bond donors (Lipinski definition) is 3. The highest BCUT2D eigenvalue weighted by molar-refractivity contribution is 7.93. The number of methoxy groups -OCH3 is 3. The summed E-state index contributed by atoms with van der Waals surface area (Å²) in [5.74, 6) is 1.93. The number of morpholine rings is 1. The molecule has 2 fully saturated rings. The molecule has 3 heterocycles. The lowest BCUT2D eigenvalue weighted by Crippen LogP contribution is -2.38. The maximum Gasteiger partial charge on any atom is 0.270 e. The Labute approximate surface area is 243 Å². The van der Waals surface area contributed by atoms with Crippen LogP contribution in [0.4, 0.5) is 17.3 Å². The maximum atomic E-state index is 13.8. The first-order chi connectivity index (χ1) is 20.3. The Hall–Kier alpha value is -4.01. The zero-order valence-corrected chi connectivity index (χ0v) is 24.7. The van der Waals surface area contributed by atoms with E-state index < -0.39 is 10.0 Å². The van der Waals surface area contributed by atoms with Crippen molar-refractivity contribution in [2.75, 3.05) is 57.7 Å². The second-order valence-corrected chi connectivity index (χ2v) is 12.0. The molecule has 2 aromatic heterocycles. The van der Waals surface area contributed by atoms with Crippen molar-refractivity contribution < 1.29 is 31.9 Å². The number of sulfonamides is 1. The maximum absolute atomic E-state index is 13.8. The molecule has 6 rings (SSSR count). The smallest absolute Gasteiger partial charge is 0.270 e. The van der Waals surface area contributed by atoms with Crippen molar-refractivity contribution in [1.82, 2.24) is 20.3 Å². The molecule has 3 N–H and O–H groups in total. The highest BCUT2D eigenvalue weighted by atomic mass is 32.2. The molecule has 42 heavy (non-hydrogen) atoms. The molecule has 1 aliphatic carbocycles. The number of benzene rings is 2. The van der Waals surface area contributed by atoms with E-state index in [4.69, 9.17) is 23.5 Å². The minimum Gasteiger partial charge on any atom is -0.495 e. The van der Waals surface area contributed by atoms with E-state index in [0.717, 1.165) is 37.2 Å². The van der Waals surface area contributed by atoms with Gasteiger partial charge in [-0.2, -0.15) is 5.10 Å². The third kappa shape index (κ3) is 5.44. The minimum absolute atomic E-state index is 0.000469. The molecule has 0 amide bonds. The van der Waals surface area contributed by atoms with Gasteiger partial charge in [-0.25, -0.2) is 8.42 Å². The Morgan fingerprint density at radius 1 is 1.00 bits per heavy atom. The molecule has 2 aromatic carbocycles. The number of hydrogen-bond acceptors (Lipinski definition) is 11. The Morgan fingerprint density at radius 3 is 2.33 bits per heavy atom. The van der Waals surface area contributed by atoms with E-state index in [0.29, 0.717) is 47.4 Å². The van der Waals surface area contributed by atoms with Crippen LogP contribution in [0.25, 0.3) is 11.0 Å². The Morgan fingerprint density at radius 2 is 1.69 bits per heavy atom. The number of aromatic amines is 1. The van der Waals surface area contributed by atoms with Crippen LogP contribution in [0, 0.1) is 0 Å². The molecule has 1 saturated heterocycles. The summed E-state index contributed by atoms with van der Waals surface area (Å²) >= 11 is 0. The number of anilines is 3. The molecule has 1 unspecified atom stereocenters. The van der Waals surface area contributed by atoms with Crippen LogP contribution in [0.15, 0.2) is 39.8 Å². The fraction of sp³-hybridized carbons (Fsp3) is 0.429. The van der Waals surface area contributed by atoms with Gasteiger partial charge in [0, 0.05) is 42.9 Å². The summed E-state index contributed by atoms with van der Waals surface area (Å²) in [5, 5.41) is 15.0. The van der Waals surface area contributed by atoms with Crippen molar-refractivity contribution in [1.29, 1.82) is 0 Å². The van der Waals surface area contributed by atoms with Gasteiger partial charge in [0.05, 0.1) is 45.6 Å². The van der Waals surface area contributed by atoms with E-state index >= 15 is 0 Å². The lowest BCUT2D eigenvalue weighted by molar-refractivity contribution is 0.0198. The normalized spacial score (nSPS) is 16.8. The standard InChI is InChI=1S/C28H34N6O7S/c1-16(34-7-9-40-10-8-34)18-11-24(38-3)27(25(12-18)39-4)42(35,36)33-28-19-13-23(37-2)21(14-22(19)41-32-28)29-26-15-20(30-31-26)17-5-6-17/h11-17H,5-10H2,1-4H3,(H,32,33)(H2,29,30,31). The van der Waals surface area contributed by atoms with Gasteiger partial charge in [-0.15, -0.1) is 0 Å². The van der Waals surface area contributed by atoms with Gasteiger partial charge in [0.2, 0.25) is 0 Å². The second kappa shape index (κ2) is 11.3. The first-order valence-corrected chi connectivity index (χ1v) is 15.2. The van der Waals surface area contributed by atoms with Crippen molar-refractivity contribution in [3.8, 4) is 17.2 Å². The SMILES string of the molecule is COc1cc2c(NS(=O)(=O)c3c(OC)cc(C(C)N4CCOCC4)cc3OC)noc2cc1Nc1cc(C2CC2)[nH]n1. The molecular formula is C28H34N6O7S. The Bertz CT molecular complexity index is 1670. The first-order valence-electron chi connectivity index (χ1n) is 13.7. The number of H-pyrrole nitrogens is 1. The largest absolute Gasteiger partial charge is 0.495 e. The Kier molecular flexibility index (Phi) is 7.60. The van der Waals surface area contributed by atoms with Gasteiger partial charge in [0.25, 0.3) is 10.0 Å². The Balaban J connectivity index is 1.30. The van der Waals surface area contributed by atoms with E-state index in [-0.39, 0.29) is 28.3 Å². The average molecular weight is 599 g/mol. The first kappa shape index (κ1) is 28.1. The van der Waals surface area contributed by atoms with Crippen LogP contribution in [-0.2, 0) is 14.8 Å². The quantitative estimate of drug-likeness (QED) is 0.225. The monoisotopic (exact) mass is 598 g/mol. The fourth-order valence-electron chi connectivity index (χ4n) is 5.21. The van der Waals surface area contributed by atoms with E-state index in [9.17, 15) is 8.42 Å². The van der Waals surface area contributed by atoms with Crippen molar-refractivity contribution in [2.45, 2.75) is 36.6 Å². The number of rotatable bonds is 11. The van der Waals surface area contributed by atoms with Crippen LogP contribution in [0.2, 0.25) is 0 Å². The van der Waals surface area contributed by atoms with Crippen molar-refractivity contribution >= 4 is 38.3 Å². The van der Waals surface area contributed by atoms with E-state index in [1.54, 1.807) is 24.3 Å². The lowest BCUT2D eigenvalue weighted by atomic mass is 10.1. The minimum atomic E-state index is -4.23. The van der Waals surface area contributed by atoms with Crippen LogP contribution in [0.1, 0.15) is 43.0 Å². The van der Waals surface area contributed by atoms with Crippen LogP contribution >= 0.6 is 0 Å². The zero-order chi connectivity index (χ0) is 29.4. The predicted octanol–water partition coefficient (Wildman–Crippen LogP) is 4.39. The molecule has 4 aromatic rings. The average Bonchev–Trinajstić information content (AvgIpc) is 3.65. The van der Waals surface area contributed by atoms with Gasteiger partial charge in [-0.3, -0.25) is 14.7 Å². The number of fused-ring (bicyclic) bond motifs is 1. The summed E-state index contributed by atoms with van der Waals surface area (Å²) in [5.41, 5.74) is 2.89. The molecule has 1 aliphatic heterocycles. The molecular weight excluding hydrogens is 564 g/mol. The van der Waals surface area contributed by atoms with E-state index in [1.165, 1.54) is 21.3 Å². The molecule has 224 valence electrons. The second-order valence-electron chi connectivity index (χ2n) is 10.4. The van der Waals surface area contributed by atoms with Crippen molar-refractivity contribution in [3.05, 3.63) is 41.6 Å². The number of ether oxygens (including phenoxy) is 4. The van der Waals surface area contributed by atoms with Crippen LogP contribution in [-0.4, -0.2) is 76.3 Å². The molecule has 14 heteroatoms. The third-order valence-corrected chi connectivity index (χ3v) is 9.13. The van der Waals surface area contributed by atoms with Crippen molar-refractivity contribution in [3.63, 3.8) is 0 Å². The van der Waals surface area contributed by atoms with E-state index in [2.05, 4.69) is 37.2 Å². The van der Waals surface area contributed by atoms with Crippen LogP contribution in [0.3, 0.4) is 0 Å². The zero-order valence-electron chi connectivity index (χ0n) is 23.9. The molecule has 1 atom stereocenters. The summed E-state index contributed by atoms with van der Waals surface area (Å²) in [7, 11) is 0.146. The van der Waals surface area contributed by atoms with Crippen LogP contribution in [0.5, 0.6) is 17.2 Å². The predicted molar refractivity (Wildman–Crippen MR) is 156 cm³/mol.